The quantitative estimate of drug-likeness (QED) is 0.402. The Morgan fingerprint density at radius 2 is 2.33 bits per heavy atom. The number of hydrogen-bond acceptors (Lipinski definition) is 5. The smallest absolute Gasteiger partial charge is 0.361 e. The minimum absolute atomic E-state index is 0.172. The molecule has 1 N–H and O–H groups in total. The molecule has 0 aliphatic heterocycles. The van der Waals surface area contributed by atoms with Crippen LogP contribution in [0.25, 0.3) is 10.1 Å². The van der Waals surface area contributed by atoms with Crippen molar-refractivity contribution in [2.45, 2.75) is 6.92 Å². The van der Waals surface area contributed by atoms with Crippen molar-refractivity contribution >= 4 is 33.1 Å². The number of thiophene rings is 1. The van der Waals surface area contributed by atoms with Gasteiger partial charge in [-0.1, -0.05) is 5.16 Å². The number of benzene rings is 1. The van der Waals surface area contributed by atoms with E-state index < -0.39 is 5.97 Å². The number of oxime groups is 1. The van der Waals surface area contributed by atoms with Crippen molar-refractivity contribution in [3.05, 3.63) is 35.0 Å². The van der Waals surface area contributed by atoms with Crippen molar-refractivity contribution in [1.82, 2.24) is 0 Å². The molecule has 2 rings (SSSR count). The van der Waals surface area contributed by atoms with E-state index in [0.717, 1.165) is 0 Å². The number of ether oxygens (including phenoxy) is 1. The molecule has 0 radical (unpaired) electrons. The fraction of sp³-hybridized carbons (Fsp3) is 0.167. The molecule has 4 nitrogen and oxygen atoms in total. The highest BCUT2D eigenvalue weighted by molar-refractivity contribution is 7.17. The fourth-order valence-corrected chi connectivity index (χ4v) is 2.56. The molecule has 0 spiro atoms. The monoisotopic (exact) mass is 267 g/mol. The van der Waals surface area contributed by atoms with Gasteiger partial charge in [0.1, 0.15) is 5.82 Å². The lowest BCUT2D eigenvalue weighted by atomic mass is 10.1. The van der Waals surface area contributed by atoms with E-state index in [9.17, 15) is 9.18 Å². The van der Waals surface area contributed by atoms with Crippen LogP contribution in [0.2, 0.25) is 0 Å². The number of fused-ring (bicyclic) bond motifs is 1. The highest BCUT2D eigenvalue weighted by Gasteiger charge is 2.20. The van der Waals surface area contributed by atoms with Crippen LogP contribution < -0.4 is 0 Å². The second-order valence-corrected chi connectivity index (χ2v) is 4.37. The van der Waals surface area contributed by atoms with Crippen LogP contribution in [0.3, 0.4) is 0 Å². The Bertz CT molecular complexity index is 621. The number of rotatable bonds is 3. The molecule has 0 bridgehead atoms. The van der Waals surface area contributed by atoms with Gasteiger partial charge in [0.15, 0.2) is 5.71 Å². The molecule has 0 atom stereocenters. The molecule has 18 heavy (non-hydrogen) atoms. The first-order valence-corrected chi connectivity index (χ1v) is 6.11. The number of nitrogens with zero attached hydrogens (tertiary/aromatic N) is 1. The number of esters is 1. The average Bonchev–Trinajstić information content (AvgIpc) is 2.73. The predicted octanol–water partition coefficient (Wildman–Crippen LogP) is 2.78. The minimum Gasteiger partial charge on any atom is -0.461 e. The van der Waals surface area contributed by atoms with E-state index in [4.69, 9.17) is 9.94 Å². The fourth-order valence-electron chi connectivity index (χ4n) is 1.59. The van der Waals surface area contributed by atoms with E-state index in [2.05, 4.69) is 5.16 Å². The van der Waals surface area contributed by atoms with Gasteiger partial charge in [-0.2, -0.15) is 0 Å². The van der Waals surface area contributed by atoms with Crippen molar-refractivity contribution < 1.29 is 19.1 Å². The van der Waals surface area contributed by atoms with Crippen LogP contribution >= 0.6 is 11.3 Å². The summed E-state index contributed by atoms with van der Waals surface area (Å²) < 4.78 is 18.5. The van der Waals surface area contributed by atoms with Crippen molar-refractivity contribution in [2.24, 2.45) is 5.16 Å². The van der Waals surface area contributed by atoms with Gasteiger partial charge in [-0.3, -0.25) is 0 Å². The second kappa shape index (κ2) is 5.14. The molecule has 0 saturated carbocycles. The van der Waals surface area contributed by atoms with Crippen molar-refractivity contribution in [3.63, 3.8) is 0 Å². The van der Waals surface area contributed by atoms with E-state index in [0.29, 0.717) is 15.6 Å². The van der Waals surface area contributed by atoms with Crippen molar-refractivity contribution in [1.29, 1.82) is 0 Å². The molecule has 1 aromatic carbocycles. The molecule has 1 heterocycles. The van der Waals surface area contributed by atoms with E-state index in [1.54, 1.807) is 18.4 Å². The van der Waals surface area contributed by atoms with Gasteiger partial charge < -0.3 is 9.94 Å². The van der Waals surface area contributed by atoms with Gasteiger partial charge in [-0.25, -0.2) is 9.18 Å². The van der Waals surface area contributed by atoms with E-state index >= 15 is 0 Å². The van der Waals surface area contributed by atoms with Crippen molar-refractivity contribution in [2.75, 3.05) is 6.61 Å². The number of carbonyl (C=O) groups is 1. The van der Waals surface area contributed by atoms with Gasteiger partial charge in [-0.15, -0.1) is 11.3 Å². The topological polar surface area (TPSA) is 58.9 Å². The summed E-state index contributed by atoms with van der Waals surface area (Å²) in [5.74, 6) is -1.06. The number of carbonyl (C=O) groups excluding carboxylic acids is 1. The molecular weight excluding hydrogens is 257 g/mol. The molecule has 0 aliphatic rings. The Kier molecular flexibility index (Phi) is 3.57. The highest BCUT2D eigenvalue weighted by Crippen LogP contribution is 2.27. The first-order valence-electron chi connectivity index (χ1n) is 5.23. The summed E-state index contributed by atoms with van der Waals surface area (Å²) in [7, 11) is 0. The maximum Gasteiger partial charge on any atom is 0.361 e. The molecule has 0 saturated heterocycles. The first-order chi connectivity index (χ1) is 8.67. The first kappa shape index (κ1) is 12.5. The Balaban J connectivity index is 2.50. The average molecular weight is 267 g/mol. The van der Waals surface area contributed by atoms with Gasteiger partial charge >= 0.3 is 5.97 Å². The normalized spacial score (nSPS) is 11.8. The Morgan fingerprint density at radius 1 is 1.56 bits per heavy atom. The van der Waals surface area contributed by atoms with Crippen LogP contribution in [0.4, 0.5) is 4.39 Å². The van der Waals surface area contributed by atoms with E-state index in [-0.39, 0.29) is 18.1 Å². The third-order valence-electron chi connectivity index (χ3n) is 2.36. The summed E-state index contributed by atoms with van der Waals surface area (Å²) in [4.78, 5) is 11.6. The summed E-state index contributed by atoms with van der Waals surface area (Å²) in [6.07, 6.45) is 0. The minimum atomic E-state index is -0.705. The van der Waals surface area contributed by atoms with Gasteiger partial charge in [0, 0.05) is 21.0 Å². The number of halogens is 1. The van der Waals surface area contributed by atoms with Gasteiger partial charge in [0.05, 0.1) is 6.61 Å². The maximum atomic E-state index is 13.0. The van der Waals surface area contributed by atoms with E-state index in [1.165, 1.54) is 23.5 Å². The zero-order valence-corrected chi connectivity index (χ0v) is 10.3. The zero-order chi connectivity index (χ0) is 13.1. The molecule has 0 unspecified atom stereocenters. The van der Waals surface area contributed by atoms with Crippen molar-refractivity contribution in [3.8, 4) is 0 Å². The molecule has 6 heteroatoms. The second-order valence-electron chi connectivity index (χ2n) is 3.46. The third-order valence-corrected chi connectivity index (χ3v) is 3.31. The summed E-state index contributed by atoms with van der Waals surface area (Å²) in [6.45, 7) is 1.85. The van der Waals surface area contributed by atoms with Crippen LogP contribution in [-0.4, -0.2) is 23.5 Å². The molecule has 0 aliphatic carbocycles. The Labute approximate surface area is 106 Å². The molecule has 0 fully saturated rings. The molecule has 0 amide bonds. The lowest BCUT2D eigenvalue weighted by Gasteiger charge is -2.02. The SMILES string of the molecule is CCOC(=O)C(=NO)c1csc2cc(F)ccc12. The summed E-state index contributed by atoms with van der Waals surface area (Å²) in [5.41, 5.74) is 0.269. The summed E-state index contributed by atoms with van der Waals surface area (Å²) >= 11 is 1.27. The van der Waals surface area contributed by atoms with Crippen LogP contribution in [0.1, 0.15) is 12.5 Å². The third kappa shape index (κ3) is 2.19. The zero-order valence-electron chi connectivity index (χ0n) is 9.51. The molecular formula is C12H10FNO3S. The molecule has 1 aromatic heterocycles. The highest BCUT2D eigenvalue weighted by atomic mass is 32.1. The lowest BCUT2D eigenvalue weighted by Crippen LogP contribution is -2.18. The summed E-state index contributed by atoms with van der Waals surface area (Å²) in [6, 6.07) is 4.20. The molecule has 2 aromatic rings. The van der Waals surface area contributed by atoms with E-state index in [1.807, 2.05) is 0 Å². The van der Waals surface area contributed by atoms with Crippen LogP contribution in [0.5, 0.6) is 0 Å². The largest absolute Gasteiger partial charge is 0.461 e. The maximum absolute atomic E-state index is 13.0. The number of hydrogen-bond donors (Lipinski definition) is 1. The van der Waals surface area contributed by atoms with Gasteiger partial charge in [0.2, 0.25) is 0 Å². The lowest BCUT2D eigenvalue weighted by molar-refractivity contribution is -0.135. The van der Waals surface area contributed by atoms with Crippen LogP contribution in [0.15, 0.2) is 28.7 Å². The van der Waals surface area contributed by atoms with Gasteiger partial charge in [-0.05, 0) is 25.1 Å². The van der Waals surface area contributed by atoms with Crippen LogP contribution in [-0.2, 0) is 9.53 Å². The Hall–Kier alpha value is -1.95. The van der Waals surface area contributed by atoms with Gasteiger partial charge in [0.25, 0.3) is 0 Å². The summed E-state index contributed by atoms with van der Waals surface area (Å²) in [5, 5.41) is 14.2. The predicted molar refractivity (Wildman–Crippen MR) is 66.7 cm³/mol. The Morgan fingerprint density at radius 3 is 3.00 bits per heavy atom. The standard InChI is InChI=1S/C12H10FNO3S/c1-2-17-12(15)11(14-16)9-6-18-10-5-7(13)3-4-8(9)10/h3-6,16H,2H2,1H3. The molecule has 94 valence electrons. The van der Waals surface area contributed by atoms with Crippen LogP contribution in [0, 0.1) is 5.82 Å².